The van der Waals surface area contributed by atoms with E-state index in [2.05, 4.69) is 41.4 Å². The average Bonchev–Trinajstić information content (AvgIpc) is 2.69. The lowest BCUT2D eigenvalue weighted by atomic mass is 9.95. The molecule has 1 heterocycles. The van der Waals surface area contributed by atoms with Gasteiger partial charge in [-0.2, -0.15) is 0 Å². The summed E-state index contributed by atoms with van der Waals surface area (Å²) in [7, 11) is 0. The van der Waals surface area contributed by atoms with Crippen LogP contribution in [0.5, 0.6) is 0 Å². The third kappa shape index (κ3) is 5.57. The molecule has 1 unspecified atom stereocenters. The molecular formula is C23H31N3O. The summed E-state index contributed by atoms with van der Waals surface area (Å²) in [5.41, 5.74) is 9.05. The Morgan fingerprint density at radius 2 is 1.78 bits per heavy atom. The van der Waals surface area contributed by atoms with Crippen molar-refractivity contribution in [3.63, 3.8) is 0 Å². The van der Waals surface area contributed by atoms with Crippen LogP contribution >= 0.6 is 0 Å². The molecule has 1 fully saturated rings. The van der Waals surface area contributed by atoms with Crippen molar-refractivity contribution in [2.45, 2.75) is 38.6 Å². The minimum absolute atomic E-state index is 0.0876. The van der Waals surface area contributed by atoms with Crippen LogP contribution in [0.1, 0.15) is 43.4 Å². The van der Waals surface area contributed by atoms with Crippen LogP contribution in [0.15, 0.2) is 54.6 Å². The molecule has 1 saturated heterocycles. The number of rotatable bonds is 7. The molecule has 3 N–H and O–H groups in total. The van der Waals surface area contributed by atoms with Gasteiger partial charge in [-0.1, -0.05) is 55.5 Å². The van der Waals surface area contributed by atoms with Crippen LogP contribution in [0.4, 0.5) is 5.69 Å². The normalized spacial score (nSPS) is 16.8. The molecule has 4 nitrogen and oxygen atoms in total. The minimum Gasteiger partial charge on any atom is -0.399 e. The van der Waals surface area contributed by atoms with E-state index in [1.165, 1.54) is 18.4 Å². The molecule has 1 aliphatic rings. The van der Waals surface area contributed by atoms with Gasteiger partial charge < -0.3 is 11.1 Å². The largest absolute Gasteiger partial charge is 0.399 e. The minimum atomic E-state index is 0.0876. The van der Waals surface area contributed by atoms with E-state index in [1.54, 1.807) is 0 Å². The van der Waals surface area contributed by atoms with E-state index in [1.807, 2.05) is 30.3 Å². The quantitative estimate of drug-likeness (QED) is 0.734. The number of piperidine rings is 1. The molecule has 1 aliphatic heterocycles. The first-order valence-electron chi connectivity index (χ1n) is 10.0. The van der Waals surface area contributed by atoms with Crippen molar-refractivity contribution in [1.82, 2.24) is 10.2 Å². The molecule has 0 aliphatic carbocycles. The lowest BCUT2D eigenvalue weighted by Gasteiger charge is -2.37. The Morgan fingerprint density at radius 3 is 2.48 bits per heavy atom. The first-order chi connectivity index (χ1) is 13.1. The van der Waals surface area contributed by atoms with Crippen molar-refractivity contribution in [1.29, 1.82) is 0 Å². The second-order valence-electron chi connectivity index (χ2n) is 7.65. The summed E-state index contributed by atoms with van der Waals surface area (Å²) >= 11 is 0. The third-order valence-corrected chi connectivity index (χ3v) is 5.61. The maximum Gasteiger partial charge on any atom is 0.220 e. The zero-order chi connectivity index (χ0) is 19.1. The van der Waals surface area contributed by atoms with Gasteiger partial charge in [-0.15, -0.1) is 0 Å². The van der Waals surface area contributed by atoms with Gasteiger partial charge in [0.25, 0.3) is 0 Å². The van der Waals surface area contributed by atoms with Crippen molar-refractivity contribution in [3.05, 3.63) is 65.7 Å². The number of amides is 1. The molecule has 4 heteroatoms. The number of carbonyl (C=O) groups excluding carboxylic acids is 1. The van der Waals surface area contributed by atoms with Crippen molar-refractivity contribution >= 4 is 11.6 Å². The number of nitrogens with zero attached hydrogens (tertiary/aromatic N) is 1. The Kier molecular flexibility index (Phi) is 6.88. The maximum absolute atomic E-state index is 12.4. The van der Waals surface area contributed by atoms with Crippen molar-refractivity contribution in [3.8, 4) is 0 Å². The predicted octanol–water partition coefficient (Wildman–Crippen LogP) is 3.79. The number of likely N-dealkylation sites (tertiary alicyclic amines) is 1. The first-order valence-corrected chi connectivity index (χ1v) is 10.0. The second-order valence-corrected chi connectivity index (χ2v) is 7.65. The molecule has 2 aromatic carbocycles. The molecule has 0 spiro atoms. The summed E-state index contributed by atoms with van der Waals surface area (Å²) in [4.78, 5) is 14.9. The van der Waals surface area contributed by atoms with E-state index in [-0.39, 0.29) is 11.9 Å². The highest BCUT2D eigenvalue weighted by Crippen LogP contribution is 2.26. The van der Waals surface area contributed by atoms with Gasteiger partial charge in [0.05, 0.1) is 6.04 Å². The fourth-order valence-corrected chi connectivity index (χ4v) is 3.78. The summed E-state index contributed by atoms with van der Waals surface area (Å²) in [5, 5.41) is 3.16. The zero-order valence-electron chi connectivity index (χ0n) is 16.2. The van der Waals surface area contributed by atoms with E-state index in [0.717, 1.165) is 30.3 Å². The molecule has 2 aromatic rings. The zero-order valence-corrected chi connectivity index (χ0v) is 16.2. The van der Waals surface area contributed by atoms with Crippen molar-refractivity contribution in [2.24, 2.45) is 5.92 Å². The number of carbonyl (C=O) groups is 1. The topological polar surface area (TPSA) is 58.4 Å². The summed E-state index contributed by atoms with van der Waals surface area (Å²) < 4.78 is 0. The van der Waals surface area contributed by atoms with Gasteiger partial charge in [0.2, 0.25) is 5.91 Å². The Bertz CT molecular complexity index is 723. The number of anilines is 1. The van der Waals surface area contributed by atoms with Crippen molar-refractivity contribution in [2.75, 3.05) is 25.4 Å². The Morgan fingerprint density at radius 1 is 1.11 bits per heavy atom. The van der Waals surface area contributed by atoms with Crippen LogP contribution in [0.2, 0.25) is 0 Å². The Balaban J connectivity index is 1.57. The fraction of sp³-hybridized carbons (Fsp3) is 0.435. The smallest absolute Gasteiger partial charge is 0.220 e. The monoisotopic (exact) mass is 365 g/mol. The molecule has 0 saturated carbocycles. The summed E-state index contributed by atoms with van der Waals surface area (Å²) in [6.07, 6.45) is 3.59. The van der Waals surface area contributed by atoms with Gasteiger partial charge >= 0.3 is 0 Å². The standard InChI is InChI=1S/C23H31N3O/c1-18-13-15-26(16-14-18)22(20-8-3-2-4-9-20)17-25-23(27)12-11-19-7-5-6-10-21(19)24/h2-10,18,22H,11-17,24H2,1H3,(H,25,27). The molecule has 27 heavy (non-hydrogen) atoms. The molecule has 3 rings (SSSR count). The predicted molar refractivity (Wildman–Crippen MR) is 111 cm³/mol. The van der Waals surface area contributed by atoms with Gasteiger partial charge in [0, 0.05) is 18.7 Å². The highest BCUT2D eigenvalue weighted by molar-refractivity contribution is 5.76. The number of nitrogens with one attached hydrogen (secondary N) is 1. The third-order valence-electron chi connectivity index (χ3n) is 5.61. The van der Waals surface area contributed by atoms with Crippen LogP contribution < -0.4 is 11.1 Å². The van der Waals surface area contributed by atoms with Crippen molar-refractivity contribution < 1.29 is 4.79 Å². The highest BCUT2D eigenvalue weighted by Gasteiger charge is 2.24. The lowest BCUT2D eigenvalue weighted by molar-refractivity contribution is -0.121. The van der Waals surface area contributed by atoms with Gasteiger partial charge in [-0.05, 0) is 55.5 Å². The number of nitrogen functional groups attached to an aromatic ring is 1. The molecule has 1 amide bonds. The average molecular weight is 366 g/mol. The highest BCUT2D eigenvalue weighted by atomic mass is 16.1. The maximum atomic E-state index is 12.4. The number of hydrogen-bond acceptors (Lipinski definition) is 3. The summed E-state index contributed by atoms with van der Waals surface area (Å²) in [5.74, 6) is 0.883. The van der Waals surface area contributed by atoms with E-state index < -0.39 is 0 Å². The number of para-hydroxylation sites is 1. The molecule has 0 aromatic heterocycles. The van der Waals surface area contributed by atoms with Crippen LogP contribution in [-0.4, -0.2) is 30.4 Å². The lowest BCUT2D eigenvalue weighted by Crippen LogP contribution is -2.42. The number of benzene rings is 2. The summed E-state index contributed by atoms with van der Waals surface area (Å²) in [6.45, 7) is 5.17. The SMILES string of the molecule is CC1CCN(C(CNC(=O)CCc2ccccc2N)c2ccccc2)CC1. The molecule has 1 atom stereocenters. The molecule has 144 valence electrons. The summed E-state index contributed by atoms with van der Waals surface area (Å²) in [6, 6.07) is 18.5. The number of hydrogen-bond donors (Lipinski definition) is 2. The molecular weight excluding hydrogens is 334 g/mol. The van der Waals surface area contributed by atoms with Crippen LogP contribution in [0.3, 0.4) is 0 Å². The van der Waals surface area contributed by atoms with E-state index in [9.17, 15) is 4.79 Å². The molecule has 0 radical (unpaired) electrons. The fourth-order valence-electron chi connectivity index (χ4n) is 3.78. The Labute approximate surface area is 162 Å². The van der Waals surface area contributed by atoms with Gasteiger partial charge in [-0.25, -0.2) is 0 Å². The van der Waals surface area contributed by atoms with Crippen LogP contribution in [0.25, 0.3) is 0 Å². The number of nitrogens with two attached hydrogens (primary N) is 1. The van der Waals surface area contributed by atoms with E-state index in [0.29, 0.717) is 19.4 Å². The second kappa shape index (κ2) is 9.56. The number of aryl methyl sites for hydroxylation is 1. The first kappa shape index (κ1) is 19.4. The van der Waals surface area contributed by atoms with Crippen LogP contribution in [-0.2, 0) is 11.2 Å². The van der Waals surface area contributed by atoms with E-state index >= 15 is 0 Å². The van der Waals surface area contributed by atoms with Crippen LogP contribution in [0, 0.1) is 5.92 Å². The molecule has 0 bridgehead atoms. The Hall–Kier alpha value is -2.33. The van der Waals surface area contributed by atoms with Gasteiger partial charge in [0.15, 0.2) is 0 Å². The van der Waals surface area contributed by atoms with E-state index in [4.69, 9.17) is 5.73 Å². The van der Waals surface area contributed by atoms with Gasteiger partial charge in [0.1, 0.15) is 0 Å². The van der Waals surface area contributed by atoms with Gasteiger partial charge in [-0.3, -0.25) is 9.69 Å².